The molecule has 6 heteroatoms. The highest BCUT2D eigenvalue weighted by Gasteiger charge is 2.08. The Balaban J connectivity index is 1.75. The Morgan fingerprint density at radius 2 is 1.88 bits per heavy atom. The van der Waals surface area contributed by atoms with Gasteiger partial charge in [-0.15, -0.1) is 0 Å². The number of Topliss-reactive ketones (excluding diaryl/α,β-unsaturated/α-hetero) is 1. The van der Waals surface area contributed by atoms with E-state index in [9.17, 15) is 14.0 Å². The van der Waals surface area contributed by atoms with Crippen LogP contribution in [0.25, 0.3) is 0 Å². The standard InChI is InChI=1S/C19H16FNO4/c1-13(22)15-4-6-17(7-5-15)24-9-8-19(23)25-12-16-3-2-14(11-21)10-18(16)20/h2-7,10H,8-9,12H2,1H3. The number of nitrogens with zero attached hydrogens (tertiary/aromatic N) is 1. The van der Waals surface area contributed by atoms with Gasteiger partial charge in [0.2, 0.25) is 0 Å². The van der Waals surface area contributed by atoms with Gasteiger partial charge in [0.1, 0.15) is 18.2 Å². The molecule has 0 radical (unpaired) electrons. The second-order valence-electron chi connectivity index (χ2n) is 5.26. The first-order valence-corrected chi connectivity index (χ1v) is 7.57. The fraction of sp³-hybridized carbons (Fsp3) is 0.211. The third kappa shape index (κ3) is 5.43. The van der Waals surface area contributed by atoms with Crippen LogP contribution < -0.4 is 4.74 Å². The first-order chi connectivity index (χ1) is 12.0. The molecule has 0 amide bonds. The molecule has 0 bridgehead atoms. The lowest BCUT2D eigenvalue weighted by molar-refractivity contribution is -0.145. The third-order valence-corrected chi connectivity index (χ3v) is 3.41. The molecule has 5 nitrogen and oxygen atoms in total. The number of ketones is 1. The average Bonchev–Trinajstić information content (AvgIpc) is 2.61. The van der Waals surface area contributed by atoms with E-state index in [-0.39, 0.29) is 36.5 Å². The van der Waals surface area contributed by atoms with Gasteiger partial charge in [-0.2, -0.15) is 5.26 Å². The van der Waals surface area contributed by atoms with Gasteiger partial charge in [-0.1, -0.05) is 6.07 Å². The second kappa shape index (κ2) is 8.60. The predicted molar refractivity (Wildman–Crippen MR) is 87.5 cm³/mol. The van der Waals surface area contributed by atoms with E-state index in [2.05, 4.69) is 0 Å². The largest absolute Gasteiger partial charge is 0.493 e. The van der Waals surface area contributed by atoms with Gasteiger partial charge in [0.25, 0.3) is 0 Å². The number of carbonyl (C=O) groups is 2. The molecule has 0 spiro atoms. The number of carbonyl (C=O) groups excluding carboxylic acids is 2. The number of rotatable bonds is 7. The summed E-state index contributed by atoms with van der Waals surface area (Å²) < 4.78 is 24.0. The number of nitriles is 1. The summed E-state index contributed by atoms with van der Waals surface area (Å²) in [6.45, 7) is 1.38. The average molecular weight is 341 g/mol. The summed E-state index contributed by atoms with van der Waals surface area (Å²) in [6.07, 6.45) is 0.00631. The van der Waals surface area contributed by atoms with E-state index < -0.39 is 11.8 Å². The van der Waals surface area contributed by atoms with Crippen LogP contribution in [0.4, 0.5) is 4.39 Å². The summed E-state index contributed by atoms with van der Waals surface area (Å²) >= 11 is 0. The van der Waals surface area contributed by atoms with Crippen LogP contribution in [-0.2, 0) is 16.1 Å². The summed E-state index contributed by atoms with van der Waals surface area (Å²) in [7, 11) is 0. The lowest BCUT2D eigenvalue weighted by Gasteiger charge is -2.08. The van der Waals surface area contributed by atoms with Gasteiger partial charge in [0.15, 0.2) is 5.78 Å². The van der Waals surface area contributed by atoms with Gasteiger partial charge in [-0.3, -0.25) is 9.59 Å². The van der Waals surface area contributed by atoms with Crippen molar-refractivity contribution >= 4 is 11.8 Å². The minimum Gasteiger partial charge on any atom is -0.493 e. The Morgan fingerprint density at radius 3 is 2.48 bits per heavy atom. The monoisotopic (exact) mass is 341 g/mol. The quantitative estimate of drug-likeness (QED) is 0.570. The number of esters is 1. The van der Waals surface area contributed by atoms with Gasteiger partial charge in [0.05, 0.1) is 24.7 Å². The molecule has 0 saturated heterocycles. The van der Waals surface area contributed by atoms with E-state index in [0.717, 1.165) is 6.07 Å². The molecule has 0 aromatic heterocycles. The molecule has 0 atom stereocenters. The number of hydrogen-bond acceptors (Lipinski definition) is 5. The maximum Gasteiger partial charge on any atom is 0.309 e. The van der Waals surface area contributed by atoms with Crippen molar-refractivity contribution in [2.45, 2.75) is 20.0 Å². The molecule has 0 fully saturated rings. The minimum absolute atomic E-state index is 0.00631. The predicted octanol–water partition coefficient (Wildman–Crippen LogP) is 3.41. The summed E-state index contributed by atoms with van der Waals surface area (Å²) in [5.74, 6) is -0.612. The van der Waals surface area contributed by atoms with Crippen molar-refractivity contribution < 1.29 is 23.5 Å². The molecule has 2 aromatic carbocycles. The zero-order valence-corrected chi connectivity index (χ0v) is 13.6. The van der Waals surface area contributed by atoms with E-state index in [1.165, 1.54) is 19.1 Å². The molecule has 0 heterocycles. The lowest BCUT2D eigenvalue weighted by Crippen LogP contribution is -2.10. The van der Waals surface area contributed by atoms with Crippen LogP contribution >= 0.6 is 0 Å². The Labute approximate surface area is 144 Å². The van der Waals surface area contributed by atoms with E-state index in [1.807, 2.05) is 6.07 Å². The SMILES string of the molecule is CC(=O)c1ccc(OCCC(=O)OCc2ccc(C#N)cc2F)cc1. The first kappa shape index (κ1) is 18.1. The molecular weight excluding hydrogens is 325 g/mol. The van der Waals surface area contributed by atoms with E-state index in [1.54, 1.807) is 24.3 Å². The molecule has 128 valence electrons. The van der Waals surface area contributed by atoms with Gasteiger partial charge in [0, 0.05) is 11.1 Å². The molecule has 2 aromatic rings. The van der Waals surface area contributed by atoms with Crippen molar-refractivity contribution in [3.05, 3.63) is 65.0 Å². The molecule has 0 aliphatic rings. The topological polar surface area (TPSA) is 76.4 Å². The number of hydrogen-bond donors (Lipinski definition) is 0. The van der Waals surface area contributed by atoms with Crippen LogP contribution in [0.3, 0.4) is 0 Å². The molecule has 0 aliphatic heterocycles. The summed E-state index contributed by atoms with van der Waals surface area (Å²) in [6, 6.07) is 12.4. The zero-order valence-electron chi connectivity index (χ0n) is 13.6. The normalized spacial score (nSPS) is 9.96. The Kier molecular flexibility index (Phi) is 6.24. The Bertz CT molecular complexity index is 809. The fourth-order valence-electron chi connectivity index (χ4n) is 2.00. The van der Waals surface area contributed by atoms with E-state index >= 15 is 0 Å². The molecule has 0 N–H and O–H groups in total. The number of ether oxygens (including phenoxy) is 2. The van der Waals surface area contributed by atoms with Crippen molar-refractivity contribution in [3.8, 4) is 11.8 Å². The van der Waals surface area contributed by atoms with E-state index in [4.69, 9.17) is 14.7 Å². The minimum atomic E-state index is -0.589. The molecule has 2 rings (SSSR count). The summed E-state index contributed by atoms with van der Waals surface area (Å²) in [5, 5.41) is 8.67. The van der Waals surface area contributed by atoms with Gasteiger partial charge in [-0.25, -0.2) is 4.39 Å². The summed E-state index contributed by atoms with van der Waals surface area (Å²) in [4.78, 5) is 22.8. The molecule has 0 unspecified atom stereocenters. The first-order valence-electron chi connectivity index (χ1n) is 7.57. The van der Waals surface area contributed by atoms with Crippen molar-refractivity contribution in [2.24, 2.45) is 0 Å². The van der Waals surface area contributed by atoms with Crippen LogP contribution in [0, 0.1) is 17.1 Å². The summed E-state index contributed by atoms with van der Waals surface area (Å²) in [5.41, 5.74) is 0.987. The van der Waals surface area contributed by atoms with Crippen molar-refractivity contribution in [1.82, 2.24) is 0 Å². The van der Waals surface area contributed by atoms with Crippen LogP contribution in [0.1, 0.15) is 34.8 Å². The van der Waals surface area contributed by atoms with Gasteiger partial charge < -0.3 is 9.47 Å². The highest BCUT2D eigenvalue weighted by atomic mass is 19.1. The van der Waals surface area contributed by atoms with Crippen LogP contribution in [0.5, 0.6) is 5.75 Å². The van der Waals surface area contributed by atoms with Crippen LogP contribution in [0.2, 0.25) is 0 Å². The Morgan fingerprint density at radius 1 is 1.16 bits per heavy atom. The number of halogens is 1. The van der Waals surface area contributed by atoms with Crippen molar-refractivity contribution in [2.75, 3.05) is 6.61 Å². The molecular formula is C19H16FNO4. The van der Waals surface area contributed by atoms with Gasteiger partial charge >= 0.3 is 5.97 Å². The van der Waals surface area contributed by atoms with Crippen molar-refractivity contribution in [3.63, 3.8) is 0 Å². The molecule has 25 heavy (non-hydrogen) atoms. The fourth-order valence-corrected chi connectivity index (χ4v) is 2.00. The molecule has 0 aliphatic carbocycles. The van der Waals surface area contributed by atoms with Crippen LogP contribution in [-0.4, -0.2) is 18.4 Å². The van der Waals surface area contributed by atoms with Crippen molar-refractivity contribution in [1.29, 1.82) is 5.26 Å². The highest BCUT2D eigenvalue weighted by molar-refractivity contribution is 5.94. The van der Waals surface area contributed by atoms with E-state index in [0.29, 0.717) is 11.3 Å². The molecule has 0 saturated carbocycles. The lowest BCUT2D eigenvalue weighted by atomic mass is 10.1. The van der Waals surface area contributed by atoms with Gasteiger partial charge in [-0.05, 0) is 43.3 Å². The zero-order chi connectivity index (χ0) is 18.2. The Hall–Kier alpha value is -3.20. The van der Waals surface area contributed by atoms with Crippen LogP contribution in [0.15, 0.2) is 42.5 Å². The highest BCUT2D eigenvalue weighted by Crippen LogP contribution is 2.14. The smallest absolute Gasteiger partial charge is 0.309 e. The third-order valence-electron chi connectivity index (χ3n) is 3.41. The maximum absolute atomic E-state index is 13.7. The second-order valence-corrected chi connectivity index (χ2v) is 5.26. The maximum atomic E-state index is 13.7. The number of benzene rings is 2.